The lowest BCUT2D eigenvalue weighted by atomic mass is 10.3. The lowest BCUT2D eigenvalue weighted by Crippen LogP contribution is -2.14. The fourth-order valence-corrected chi connectivity index (χ4v) is 1.00. The summed E-state index contributed by atoms with van der Waals surface area (Å²) in [6, 6.07) is 3.40. The highest BCUT2D eigenvalue weighted by molar-refractivity contribution is 5.95. The van der Waals surface area contributed by atoms with Gasteiger partial charge >= 0.3 is 0 Å². The zero-order valence-electron chi connectivity index (χ0n) is 8.68. The minimum Gasteiger partial charge on any atom is -0.492 e. The molecule has 0 aliphatic heterocycles. The van der Waals surface area contributed by atoms with Crippen LogP contribution in [-0.2, 0) is 0 Å². The summed E-state index contributed by atoms with van der Waals surface area (Å²) in [5.41, 5.74) is 5.79. The summed E-state index contributed by atoms with van der Waals surface area (Å²) < 4.78 is 5.41. The van der Waals surface area contributed by atoms with Gasteiger partial charge in [-0.3, -0.25) is 0 Å². The van der Waals surface area contributed by atoms with Crippen LogP contribution in [-0.4, -0.2) is 22.6 Å². The van der Waals surface area contributed by atoms with Crippen molar-refractivity contribution in [3.63, 3.8) is 0 Å². The molecule has 1 rings (SSSR count). The van der Waals surface area contributed by atoms with E-state index in [0.717, 1.165) is 12.8 Å². The number of hydrogen-bond donors (Lipinski definition) is 2. The van der Waals surface area contributed by atoms with Crippen molar-refractivity contribution in [2.45, 2.75) is 19.8 Å². The molecule has 0 saturated heterocycles. The van der Waals surface area contributed by atoms with Crippen LogP contribution >= 0.6 is 0 Å². The quantitative estimate of drug-likeness (QED) is 0.252. The van der Waals surface area contributed by atoms with Gasteiger partial charge in [0.2, 0.25) is 0 Å². The van der Waals surface area contributed by atoms with E-state index in [9.17, 15) is 0 Å². The van der Waals surface area contributed by atoms with E-state index in [2.05, 4.69) is 17.1 Å². The Labute approximate surface area is 88.6 Å². The van der Waals surface area contributed by atoms with Crippen LogP contribution in [0.15, 0.2) is 23.5 Å². The number of ether oxygens (including phenoxy) is 1. The van der Waals surface area contributed by atoms with Crippen molar-refractivity contribution in [1.82, 2.24) is 4.98 Å². The van der Waals surface area contributed by atoms with Gasteiger partial charge < -0.3 is 15.7 Å². The van der Waals surface area contributed by atoms with Crippen LogP contribution in [0.25, 0.3) is 0 Å². The van der Waals surface area contributed by atoms with Crippen molar-refractivity contribution in [1.29, 1.82) is 0 Å². The maximum Gasteiger partial charge on any atom is 0.188 e. The molecule has 1 aromatic heterocycles. The molecule has 5 nitrogen and oxygen atoms in total. The summed E-state index contributed by atoms with van der Waals surface area (Å²) in [6.45, 7) is 2.78. The van der Waals surface area contributed by atoms with E-state index in [0.29, 0.717) is 18.1 Å². The Balaban J connectivity index is 2.56. The molecule has 0 saturated carbocycles. The molecule has 1 heterocycles. The molecule has 0 unspecified atom stereocenters. The SMILES string of the molecule is CCCCOc1ccc(/C(N)=N/O)nc1. The first-order valence-corrected chi connectivity index (χ1v) is 4.84. The molecule has 15 heavy (non-hydrogen) atoms. The molecule has 1 aromatic rings. The van der Waals surface area contributed by atoms with E-state index in [-0.39, 0.29) is 5.84 Å². The number of aromatic nitrogens is 1. The van der Waals surface area contributed by atoms with Crippen LogP contribution in [0.2, 0.25) is 0 Å². The lowest BCUT2D eigenvalue weighted by molar-refractivity contribution is 0.308. The Hall–Kier alpha value is -1.78. The van der Waals surface area contributed by atoms with E-state index in [1.54, 1.807) is 18.3 Å². The molecule has 0 spiro atoms. The van der Waals surface area contributed by atoms with Crippen molar-refractivity contribution < 1.29 is 9.94 Å². The first kappa shape index (κ1) is 11.3. The lowest BCUT2D eigenvalue weighted by Gasteiger charge is -2.04. The van der Waals surface area contributed by atoms with Gasteiger partial charge in [0.1, 0.15) is 11.4 Å². The molecule has 0 radical (unpaired) electrons. The highest BCUT2D eigenvalue weighted by atomic mass is 16.5. The average Bonchev–Trinajstić information content (AvgIpc) is 2.29. The monoisotopic (exact) mass is 209 g/mol. The summed E-state index contributed by atoms with van der Waals surface area (Å²) in [5, 5.41) is 11.3. The first-order chi connectivity index (χ1) is 7.27. The van der Waals surface area contributed by atoms with Gasteiger partial charge in [0.15, 0.2) is 5.84 Å². The third-order valence-electron chi connectivity index (χ3n) is 1.87. The number of hydrogen-bond acceptors (Lipinski definition) is 4. The molecule has 0 bridgehead atoms. The zero-order chi connectivity index (χ0) is 11.1. The first-order valence-electron chi connectivity index (χ1n) is 4.84. The van der Waals surface area contributed by atoms with Crippen molar-refractivity contribution >= 4 is 5.84 Å². The Kier molecular flexibility index (Phi) is 4.40. The minimum absolute atomic E-state index is 0.00453. The normalized spacial score (nSPS) is 11.4. The number of rotatable bonds is 5. The summed E-state index contributed by atoms with van der Waals surface area (Å²) in [5.74, 6) is 0.688. The Morgan fingerprint density at radius 2 is 2.40 bits per heavy atom. The van der Waals surface area contributed by atoms with Crippen molar-refractivity contribution in [3.8, 4) is 5.75 Å². The number of pyridine rings is 1. The van der Waals surface area contributed by atoms with Gasteiger partial charge in [-0.1, -0.05) is 18.5 Å². The molecule has 5 heteroatoms. The van der Waals surface area contributed by atoms with Gasteiger partial charge in [-0.2, -0.15) is 0 Å². The number of nitrogens with zero attached hydrogens (tertiary/aromatic N) is 2. The van der Waals surface area contributed by atoms with Crippen LogP contribution in [0.3, 0.4) is 0 Å². The van der Waals surface area contributed by atoms with Crippen molar-refractivity contribution in [3.05, 3.63) is 24.0 Å². The molecule has 82 valence electrons. The molecular formula is C10H15N3O2. The van der Waals surface area contributed by atoms with Crippen LogP contribution < -0.4 is 10.5 Å². The zero-order valence-corrected chi connectivity index (χ0v) is 8.68. The fourth-order valence-electron chi connectivity index (χ4n) is 1.00. The molecule has 0 amide bonds. The second kappa shape index (κ2) is 5.85. The van der Waals surface area contributed by atoms with Gasteiger partial charge in [-0.25, -0.2) is 4.98 Å². The second-order valence-corrected chi connectivity index (χ2v) is 3.07. The maximum atomic E-state index is 8.42. The van der Waals surface area contributed by atoms with E-state index in [1.807, 2.05) is 0 Å². The smallest absolute Gasteiger partial charge is 0.188 e. The highest BCUT2D eigenvalue weighted by Crippen LogP contribution is 2.09. The second-order valence-electron chi connectivity index (χ2n) is 3.07. The maximum absolute atomic E-state index is 8.42. The molecule has 3 N–H and O–H groups in total. The molecule has 0 aromatic carbocycles. The van der Waals surface area contributed by atoms with Gasteiger partial charge in [0.05, 0.1) is 12.8 Å². The Bertz CT molecular complexity index is 322. The Morgan fingerprint density at radius 1 is 1.60 bits per heavy atom. The number of amidine groups is 1. The largest absolute Gasteiger partial charge is 0.492 e. The average molecular weight is 209 g/mol. The summed E-state index contributed by atoms with van der Waals surface area (Å²) in [6.07, 6.45) is 3.67. The molecule has 0 aliphatic carbocycles. The summed E-state index contributed by atoms with van der Waals surface area (Å²) in [7, 11) is 0. The topological polar surface area (TPSA) is 80.7 Å². The van der Waals surface area contributed by atoms with Crippen LogP contribution in [0.5, 0.6) is 5.75 Å². The van der Waals surface area contributed by atoms with Crippen molar-refractivity contribution in [2.75, 3.05) is 6.61 Å². The van der Waals surface area contributed by atoms with E-state index in [4.69, 9.17) is 15.7 Å². The van der Waals surface area contributed by atoms with E-state index < -0.39 is 0 Å². The molecule has 0 fully saturated rings. The number of nitrogens with two attached hydrogens (primary N) is 1. The van der Waals surface area contributed by atoms with Crippen molar-refractivity contribution in [2.24, 2.45) is 10.9 Å². The standard InChI is InChI=1S/C10H15N3O2/c1-2-3-6-15-8-4-5-9(12-7-8)10(11)13-14/h4-5,7,14H,2-3,6H2,1H3,(H2,11,13). The van der Waals surface area contributed by atoms with Gasteiger partial charge in [-0.05, 0) is 18.6 Å². The van der Waals surface area contributed by atoms with Crippen LogP contribution in [0, 0.1) is 0 Å². The third-order valence-corrected chi connectivity index (χ3v) is 1.87. The number of oxime groups is 1. The number of unbranched alkanes of at least 4 members (excludes halogenated alkanes) is 1. The summed E-state index contributed by atoms with van der Waals surface area (Å²) in [4.78, 5) is 3.99. The fraction of sp³-hybridized carbons (Fsp3) is 0.400. The van der Waals surface area contributed by atoms with Crippen LogP contribution in [0.4, 0.5) is 0 Å². The Morgan fingerprint density at radius 3 is 2.93 bits per heavy atom. The molecular weight excluding hydrogens is 194 g/mol. The highest BCUT2D eigenvalue weighted by Gasteiger charge is 2.00. The van der Waals surface area contributed by atoms with Crippen LogP contribution in [0.1, 0.15) is 25.5 Å². The predicted molar refractivity (Wildman–Crippen MR) is 57.2 cm³/mol. The van der Waals surface area contributed by atoms with Gasteiger partial charge in [0, 0.05) is 0 Å². The predicted octanol–water partition coefficient (Wildman–Crippen LogP) is 1.35. The minimum atomic E-state index is -0.00453. The molecule has 0 atom stereocenters. The molecule has 0 aliphatic rings. The van der Waals surface area contributed by atoms with E-state index >= 15 is 0 Å². The third kappa shape index (κ3) is 3.46. The van der Waals surface area contributed by atoms with E-state index in [1.165, 1.54) is 0 Å². The van der Waals surface area contributed by atoms with Gasteiger partial charge in [-0.15, -0.1) is 0 Å². The van der Waals surface area contributed by atoms with Gasteiger partial charge in [0.25, 0.3) is 0 Å². The summed E-state index contributed by atoms with van der Waals surface area (Å²) >= 11 is 0.